The van der Waals surface area contributed by atoms with Crippen molar-refractivity contribution in [2.75, 3.05) is 40.4 Å². The number of halogens is 1. The summed E-state index contributed by atoms with van der Waals surface area (Å²) in [6.07, 6.45) is 0. The second-order valence-electron chi connectivity index (χ2n) is 7.30. The van der Waals surface area contributed by atoms with Gasteiger partial charge in [-0.2, -0.15) is 0 Å². The highest BCUT2D eigenvalue weighted by atomic mass is 35.5. The van der Waals surface area contributed by atoms with Gasteiger partial charge in [-0.3, -0.25) is 9.59 Å². The Kier molecular flexibility index (Phi) is 6.00. The predicted molar refractivity (Wildman–Crippen MR) is 120 cm³/mol. The van der Waals surface area contributed by atoms with E-state index in [2.05, 4.69) is 0 Å². The zero-order valence-corrected chi connectivity index (χ0v) is 18.2. The number of ether oxygens (including phenoxy) is 2. The summed E-state index contributed by atoms with van der Waals surface area (Å²) < 4.78 is 10.5. The van der Waals surface area contributed by atoms with Crippen LogP contribution in [-0.4, -0.2) is 62.0 Å². The average Bonchev–Trinajstić information content (AvgIpc) is 2.82. The number of nitrogens with zero attached hydrogens (tertiary/aromatic N) is 2. The molecule has 1 saturated heterocycles. The maximum Gasteiger partial charge on any atom is 0.254 e. The number of carbonyl (C=O) groups is 2. The molecule has 160 valence electrons. The fourth-order valence-corrected chi connectivity index (χ4v) is 4.21. The molecule has 3 aromatic carbocycles. The Balaban J connectivity index is 1.48. The monoisotopic (exact) mass is 438 g/mol. The molecule has 1 fully saturated rings. The van der Waals surface area contributed by atoms with E-state index >= 15 is 0 Å². The zero-order valence-electron chi connectivity index (χ0n) is 17.4. The van der Waals surface area contributed by atoms with Crippen LogP contribution in [0.3, 0.4) is 0 Å². The van der Waals surface area contributed by atoms with Crippen LogP contribution in [0.1, 0.15) is 20.7 Å². The molecule has 2 amide bonds. The van der Waals surface area contributed by atoms with Gasteiger partial charge in [0.15, 0.2) is 11.5 Å². The molecule has 6 nitrogen and oxygen atoms in total. The molecule has 0 spiro atoms. The van der Waals surface area contributed by atoms with Crippen LogP contribution in [0.25, 0.3) is 10.8 Å². The van der Waals surface area contributed by atoms with Crippen molar-refractivity contribution in [2.45, 2.75) is 0 Å². The van der Waals surface area contributed by atoms with E-state index in [1.165, 1.54) is 14.2 Å². The Labute approximate surface area is 185 Å². The molecule has 0 atom stereocenters. The molecule has 1 aliphatic heterocycles. The van der Waals surface area contributed by atoms with Gasteiger partial charge in [0, 0.05) is 37.3 Å². The SMILES string of the molecule is COc1cc(C(=O)N2CCN(C(=O)c3cccc4ccccc34)CC2)cc(Cl)c1OC. The molecule has 0 bridgehead atoms. The van der Waals surface area contributed by atoms with Crippen LogP contribution in [0.5, 0.6) is 11.5 Å². The van der Waals surface area contributed by atoms with Gasteiger partial charge in [-0.15, -0.1) is 0 Å². The van der Waals surface area contributed by atoms with Crippen LogP contribution in [0.2, 0.25) is 5.02 Å². The van der Waals surface area contributed by atoms with Crippen LogP contribution < -0.4 is 9.47 Å². The van der Waals surface area contributed by atoms with Crippen molar-refractivity contribution in [3.8, 4) is 11.5 Å². The first kappa shape index (κ1) is 21.0. The highest BCUT2D eigenvalue weighted by Gasteiger charge is 2.27. The summed E-state index contributed by atoms with van der Waals surface area (Å²) in [5.74, 6) is 0.632. The summed E-state index contributed by atoms with van der Waals surface area (Å²) in [4.78, 5) is 29.7. The van der Waals surface area contributed by atoms with E-state index in [4.69, 9.17) is 21.1 Å². The molecule has 0 unspecified atom stereocenters. The summed E-state index contributed by atoms with van der Waals surface area (Å²) in [5.41, 5.74) is 1.11. The average molecular weight is 439 g/mol. The van der Waals surface area contributed by atoms with Gasteiger partial charge in [-0.05, 0) is 29.0 Å². The zero-order chi connectivity index (χ0) is 22.0. The van der Waals surface area contributed by atoms with Gasteiger partial charge in [0.25, 0.3) is 11.8 Å². The van der Waals surface area contributed by atoms with Crippen LogP contribution in [0.15, 0.2) is 54.6 Å². The van der Waals surface area contributed by atoms with Crippen molar-refractivity contribution in [3.63, 3.8) is 0 Å². The normalized spacial score (nSPS) is 13.9. The Morgan fingerprint density at radius 2 is 1.48 bits per heavy atom. The Morgan fingerprint density at radius 1 is 0.839 bits per heavy atom. The largest absolute Gasteiger partial charge is 0.493 e. The number of amides is 2. The third-order valence-electron chi connectivity index (χ3n) is 5.55. The summed E-state index contributed by atoms with van der Waals surface area (Å²) in [7, 11) is 3.00. The summed E-state index contributed by atoms with van der Waals surface area (Å²) >= 11 is 6.25. The summed E-state index contributed by atoms with van der Waals surface area (Å²) in [6.45, 7) is 1.83. The topological polar surface area (TPSA) is 59.1 Å². The number of hydrogen-bond acceptors (Lipinski definition) is 4. The lowest BCUT2D eigenvalue weighted by Gasteiger charge is -2.35. The van der Waals surface area contributed by atoms with E-state index in [-0.39, 0.29) is 11.8 Å². The van der Waals surface area contributed by atoms with Gasteiger partial charge < -0.3 is 19.3 Å². The molecule has 4 rings (SSSR count). The van der Waals surface area contributed by atoms with Crippen LogP contribution in [-0.2, 0) is 0 Å². The molecule has 7 heteroatoms. The number of piperazine rings is 1. The Hall–Kier alpha value is -3.25. The summed E-state index contributed by atoms with van der Waals surface area (Å²) in [5, 5.41) is 2.29. The minimum atomic E-state index is -0.153. The first-order valence-electron chi connectivity index (χ1n) is 10.0. The van der Waals surface area contributed by atoms with Crippen LogP contribution in [0, 0.1) is 0 Å². The van der Waals surface area contributed by atoms with Crippen molar-refractivity contribution >= 4 is 34.2 Å². The first-order valence-corrected chi connectivity index (χ1v) is 10.4. The quantitative estimate of drug-likeness (QED) is 0.615. The molecule has 1 heterocycles. The second kappa shape index (κ2) is 8.86. The molecular weight excluding hydrogens is 416 g/mol. The van der Waals surface area contributed by atoms with E-state index in [1.54, 1.807) is 21.9 Å². The molecule has 0 aliphatic carbocycles. The molecule has 1 aliphatic rings. The maximum absolute atomic E-state index is 13.1. The van der Waals surface area contributed by atoms with E-state index in [9.17, 15) is 9.59 Å². The predicted octanol–water partition coefficient (Wildman–Crippen LogP) is 4.11. The standard InChI is InChI=1S/C24H23ClN2O4/c1-30-21-15-17(14-20(25)22(21)31-2)23(28)26-10-12-27(13-11-26)24(29)19-9-5-7-16-6-3-4-8-18(16)19/h3-9,14-15H,10-13H2,1-2H3. The first-order chi connectivity index (χ1) is 15.0. The highest BCUT2D eigenvalue weighted by Crippen LogP contribution is 2.36. The highest BCUT2D eigenvalue weighted by molar-refractivity contribution is 6.32. The van der Waals surface area contributed by atoms with E-state index < -0.39 is 0 Å². The van der Waals surface area contributed by atoms with Crippen LogP contribution >= 0.6 is 11.6 Å². The third kappa shape index (κ3) is 4.03. The van der Waals surface area contributed by atoms with Gasteiger partial charge in [0.05, 0.1) is 19.2 Å². The smallest absolute Gasteiger partial charge is 0.254 e. The fraction of sp³-hybridized carbons (Fsp3) is 0.250. The van der Waals surface area contributed by atoms with Crippen molar-refractivity contribution in [1.29, 1.82) is 0 Å². The molecule has 0 aromatic heterocycles. The molecule has 0 radical (unpaired) electrons. The van der Waals surface area contributed by atoms with E-state index in [0.29, 0.717) is 53.8 Å². The number of methoxy groups -OCH3 is 2. The molecule has 31 heavy (non-hydrogen) atoms. The van der Waals surface area contributed by atoms with Crippen LogP contribution in [0.4, 0.5) is 0 Å². The van der Waals surface area contributed by atoms with Gasteiger partial charge >= 0.3 is 0 Å². The lowest BCUT2D eigenvalue weighted by molar-refractivity contribution is 0.0536. The number of fused-ring (bicyclic) bond motifs is 1. The minimum Gasteiger partial charge on any atom is -0.493 e. The molecule has 3 aromatic rings. The lowest BCUT2D eigenvalue weighted by Crippen LogP contribution is -2.50. The number of benzene rings is 3. The fourth-order valence-electron chi connectivity index (χ4n) is 3.92. The summed E-state index contributed by atoms with van der Waals surface area (Å²) in [6, 6.07) is 16.8. The maximum atomic E-state index is 13.1. The van der Waals surface area contributed by atoms with Gasteiger partial charge in [-0.25, -0.2) is 0 Å². The second-order valence-corrected chi connectivity index (χ2v) is 7.71. The lowest BCUT2D eigenvalue weighted by atomic mass is 10.0. The third-order valence-corrected chi connectivity index (χ3v) is 5.84. The van der Waals surface area contributed by atoms with E-state index in [0.717, 1.165) is 10.8 Å². The van der Waals surface area contributed by atoms with Crippen molar-refractivity contribution in [1.82, 2.24) is 9.80 Å². The Bertz CT molecular complexity index is 1130. The number of carbonyl (C=O) groups excluding carboxylic acids is 2. The van der Waals surface area contributed by atoms with Crippen molar-refractivity contribution in [3.05, 3.63) is 70.7 Å². The van der Waals surface area contributed by atoms with Gasteiger partial charge in [-0.1, -0.05) is 48.0 Å². The van der Waals surface area contributed by atoms with E-state index in [1.807, 2.05) is 42.5 Å². The number of rotatable bonds is 4. The Morgan fingerprint density at radius 3 is 2.16 bits per heavy atom. The van der Waals surface area contributed by atoms with Crippen molar-refractivity contribution < 1.29 is 19.1 Å². The molecule has 0 saturated carbocycles. The molecule has 0 N–H and O–H groups in total. The van der Waals surface area contributed by atoms with Gasteiger partial charge in [0.2, 0.25) is 0 Å². The number of hydrogen-bond donors (Lipinski definition) is 0. The molecular formula is C24H23ClN2O4. The minimum absolute atomic E-state index is 0.0157. The van der Waals surface area contributed by atoms with Gasteiger partial charge in [0.1, 0.15) is 0 Å². The van der Waals surface area contributed by atoms with Crippen molar-refractivity contribution in [2.24, 2.45) is 0 Å².